The molecule has 0 spiro atoms. The number of para-hydroxylation sites is 1. The van der Waals surface area contributed by atoms with Gasteiger partial charge in [-0.1, -0.05) is 18.2 Å². The van der Waals surface area contributed by atoms with E-state index in [0.29, 0.717) is 12.1 Å². The van der Waals surface area contributed by atoms with Gasteiger partial charge in [-0.2, -0.15) is 0 Å². The minimum absolute atomic E-state index is 0.0288. The van der Waals surface area contributed by atoms with Gasteiger partial charge in [-0.15, -0.1) is 0 Å². The van der Waals surface area contributed by atoms with Crippen molar-refractivity contribution in [3.63, 3.8) is 0 Å². The predicted molar refractivity (Wildman–Crippen MR) is 98.1 cm³/mol. The van der Waals surface area contributed by atoms with Crippen LogP contribution in [0.1, 0.15) is 11.1 Å². The Kier molecular flexibility index (Phi) is 3.77. The fourth-order valence-corrected chi connectivity index (χ4v) is 4.67. The second kappa shape index (κ2) is 5.86. The number of aryl methyl sites for hydroxylation is 1. The number of benzene rings is 2. The van der Waals surface area contributed by atoms with Crippen LogP contribution in [0.2, 0.25) is 0 Å². The van der Waals surface area contributed by atoms with E-state index in [1.807, 2.05) is 16.7 Å². The highest BCUT2D eigenvalue weighted by atomic mass is 32.2. The molecule has 7 heteroatoms. The Hall–Kier alpha value is -2.38. The second-order valence-corrected chi connectivity index (χ2v) is 7.34. The molecular formula is C18H18N3O3S+. The number of β-amino-alcohol motifs (C(OH)–C–C–N with tert-alkyl or cyclic N) is 1. The summed E-state index contributed by atoms with van der Waals surface area (Å²) < 4.78 is 2.01. The lowest BCUT2D eigenvalue weighted by molar-refractivity contribution is -0.650. The maximum Gasteiger partial charge on any atom is 0.316 e. The summed E-state index contributed by atoms with van der Waals surface area (Å²) >= 11 is 1.73. The largest absolute Gasteiger partial charge is 0.346 e. The highest BCUT2D eigenvalue weighted by molar-refractivity contribution is 8.14. The van der Waals surface area contributed by atoms with Crippen LogP contribution in [-0.2, 0) is 5.72 Å². The number of non-ortho nitro benzene ring substituents is 1. The molecule has 0 amide bonds. The van der Waals surface area contributed by atoms with Crippen LogP contribution in [0, 0.1) is 17.0 Å². The van der Waals surface area contributed by atoms with Gasteiger partial charge in [0.1, 0.15) is 5.69 Å². The fraction of sp³-hybridized carbons (Fsp3) is 0.278. The van der Waals surface area contributed by atoms with Crippen molar-refractivity contribution >= 4 is 28.3 Å². The summed E-state index contributed by atoms with van der Waals surface area (Å²) in [6, 6.07) is 14.3. The number of anilines is 1. The van der Waals surface area contributed by atoms with E-state index in [-0.39, 0.29) is 5.69 Å². The van der Waals surface area contributed by atoms with Crippen molar-refractivity contribution in [1.29, 1.82) is 0 Å². The van der Waals surface area contributed by atoms with Crippen molar-refractivity contribution in [1.82, 2.24) is 0 Å². The minimum atomic E-state index is -1.18. The number of nitro groups is 1. The Bertz CT molecular complexity index is 881. The first kappa shape index (κ1) is 16.1. The van der Waals surface area contributed by atoms with E-state index in [4.69, 9.17) is 0 Å². The third kappa shape index (κ3) is 2.51. The van der Waals surface area contributed by atoms with Crippen LogP contribution in [0.25, 0.3) is 0 Å². The van der Waals surface area contributed by atoms with E-state index in [1.165, 1.54) is 12.1 Å². The van der Waals surface area contributed by atoms with Gasteiger partial charge in [0.25, 0.3) is 11.4 Å². The molecule has 25 heavy (non-hydrogen) atoms. The van der Waals surface area contributed by atoms with Crippen LogP contribution < -0.4 is 4.90 Å². The quantitative estimate of drug-likeness (QED) is 0.520. The lowest BCUT2D eigenvalue weighted by Crippen LogP contribution is -2.41. The molecule has 2 aliphatic rings. The Balaban J connectivity index is 1.76. The monoisotopic (exact) mass is 356 g/mol. The number of amidine groups is 1. The zero-order valence-electron chi connectivity index (χ0n) is 13.8. The molecule has 2 aromatic rings. The van der Waals surface area contributed by atoms with Crippen LogP contribution in [0.4, 0.5) is 11.4 Å². The second-order valence-electron chi connectivity index (χ2n) is 6.28. The number of hydrogen-bond donors (Lipinski definition) is 1. The molecule has 0 aliphatic carbocycles. The predicted octanol–water partition coefficient (Wildman–Crippen LogP) is 2.68. The molecule has 0 unspecified atom stereocenters. The molecular weight excluding hydrogens is 338 g/mol. The maximum absolute atomic E-state index is 11.5. The van der Waals surface area contributed by atoms with Gasteiger partial charge in [-0.25, -0.2) is 9.48 Å². The van der Waals surface area contributed by atoms with Crippen molar-refractivity contribution in [2.75, 3.05) is 23.7 Å². The minimum Gasteiger partial charge on any atom is -0.346 e. The summed E-state index contributed by atoms with van der Waals surface area (Å²) in [7, 11) is 0. The van der Waals surface area contributed by atoms with Crippen LogP contribution in [0.3, 0.4) is 0 Å². The summed E-state index contributed by atoms with van der Waals surface area (Å²) in [6.07, 6.45) is 0. The molecule has 2 heterocycles. The molecule has 2 aromatic carbocycles. The van der Waals surface area contributed by atoms with E-state index in [0.717, 1.165) is 28.7 Å². The van der Waals surface area contributed by atoms with E-state index in [1.54, 1.807) is 23.9 Å². The third-order valence-electron chi connectivity index (χ3n) is 4.78. The molecule has 128 valence electrons. The van der Waals surface area contributed by atoms with Gasteiger partial charge in [0.2, 0.25) is 0 Å². The maximum atomic E-state index is 11.5. The molecule has 1 atom stereocenters. The Morgan fingerprint density at radius 2 is 1.96 bits per heavy atom. The lowest BCUT2D eigenvalue weighted by atomic mass is 10.0. The first-order chi connectivity index (χ1) is 12.0. The van der Waals surface area contributed by atoms with Gasteiger partial charge in [-0.05, 0) is 42.4 Å². The van der Waals surface area contributed by atoms with Gasteiger partial charge in [-0.3, -0.25) is 10.1 Å². The molecule has 0 saturated carbocycles. The van der Waals surface area contributed by atoms with Crippen LogP contribution >= 0.6 is 11.8 Å². The molecule has 0 aromatic heterocycles. The fourth-order valence-electron chi connectivity index (χ4n) is 3.49. The molecule has 0 bridgehead atoms. The van der Waals surface area contributed by atoms with Crippen molar-refractivity contribution in [2.24, 2.45) is 0 Å². The van der Waals surface area contributed by atoms with Crippen LogP contribution in [-0.4, -0.2) is 38.6 Å². The number of hydrogen-bond acceptors (Lipinski definition) is 5. The zero-order valence-corrected chi connectivity index (χ0v) is 14.6. The summed E-state index contributed by atoms with van der Waals surface area (Å²) in [5, 5.41) is 23.4. The highest BCUT2D eigenvalue weighted by Gasteiger charge is 2.54. The van der Waals surface area contributed by atoms with Gasteiger partial charge in [0.05, 0.1) is 11.5 Å². The van der Waals surface area contributed by atoms with E-state index < -0.39 is 10.6 Å². The van der Waals surface area contributed by atoms with E-state index in [2.05, 4.69) is 24.0 Å². The smallest absolute Gasteiger partial charge is 0.316 e. The van der Waals surface area contributed by atoms with E-state index in [9.17, 15) is 15.2 Å². The number of rotatable bonds is 3. The Labute approximate surface area is 149 Å². The van der Waals surface area contributed by atoms with Crippen molar-refractivity contribution < 1.29 is 14.6 Å². The average Bonchev–Trinajstić information content (AvgIpc) is 3.19. The molecule has 0 fully saturated rings. The van der Waals surface area contributed by atoms with Crippen molar-refractivity contribution in [3.05, 3.63) is 69.8 Å². The Morgan fingerprint density at radius 1 is 1.24 bits per heavy atom. The Morgan fingerprint density at radius 3 is 2.64 bits per heavy atom. The topological polar surface area (TPSA) is 69.6 Å². The highest BCUT2D eigenvalue weighted by Crippen LogP contribution is 2.39. The number of nitro benzene ring substituents is 1. The average molecular weight is 356 g/mol. The summed E-state index contributed by atoms with van der Waals surface area (Å²) in [5.41, 5.74) is 1.75. The van der Waals surface area contributed by atoms with Crippen molar-refractivity contribution in [3.8, 4) is 0 Å². The van der Waals surface area contributed by atoms with Crippen LogP contribution in [0.5, 0.6) is 0 Å². The van der Waals surface area contributed by atoms with Gasteiger partial charge in [0, 0.05) is 23.4 Å². The van der Waals surface area contributed by atoms with Gasteiger partial charge >= 0.3 is 5.17 Å². The standard InChI is InChI=1S/C18H18N3O3S/c1-13-4-2-3-5-16(13)19-12-18(22,20-10-11-25-17(19)20)14-6-8-15(9-7-14)21(23)24/h2-9,22H,10-12H2,1H3/q+1/t18-/m1/s1. The number of aliphatic hydroxyl groups is 1. The molecule has 2 aliphatic heterocycles. The van der Waals surface area contributed by atoms with Gasteiger partial charge < -0.3 is 5.11 Å². The molecule has 1 N–H and O–H groups in total. The van der Waals surface area contributed by atoms with Crippen molar-refractivity contribution in [2.45, 2.75) is 12.6 Å². The first-order valence-corrected chi connectivity index (χ1v) is 9.07. The third-order valence-corrected chi connectivity index (χ3v) is 5.87. The summed E-state index contributed by atoms with van der Waals surface area (Å²) in [5.74, 6) is 0.910. The normalized spacial score (nSPS) is 22.4. The zero-order chi connectivity index (χ0) is 17.6. The summed E-state index contributed by atoms with van der Waals surface area (Å²) in [4.78, 5) is 12.6. The molecule has 0 saturated heterocycles. The number of nitrogens with zero attached hydrogens (tertiary/aromatic N) is 3. The molecule has 6 nitrogen and oxygen atoms in total. The van der Waals surface area contributed by atoms with E-state index >= 15 is 0 Å². The summed E-state index contributed by atoms with van der Waals surface area (Å²) in [6.45, 7) is 3.21. The lowest BCUT2D eigenvalue weighted by Gasteiger charge is -2.23. The molecule has 0 radical (unpaired) electrons. The van der Waals surface area contributed by atoms with Crippen LogP contribution in [0.15, 0.2) is 48.5 Å². The first-order valence-electron chi connectivity index (χ1n) is 8.08. The SMILES string of the molecule is Cc1ccccc1N1C[C@@](O)(c2ccc([N+](=O)[O-])cc2)[N+]2=C1SCC2. The molecule has 4 rings (SSSR count). The van der Waals surface area contributed by atoms with Gasteiger partial charge in [0.15, 0.2) is 6.54 Å². The number of thioether (sulfide) groups is 1.